The smallest absolute Gasteiger partial charge is 0.306 e. The van der Waals surface area contributed by atoms with Gasteiger partial charge in [0.15, 0.2) is 0 Å². The van der Waals surface area contributed by atoms with Crippen molar-refractivity contribution in [3.63, 3.8) is 0 Å². The topological polar surface area (TPSA) is 83.8 Å². The molecule has 214 valence electrons. The minimum atomic E-state index is -0.965. The van der Waals surface area contributed by atoms with Crippen LogP contribution in [0.15, 0.2) is 11.6 Å². The Bertz CT molecular complexity index is 795. The second-order valence-corrected chi connectivity index (χ2v) is 13.7. The summed E-state index contributed by atoms with van der Waals surface area (Å²) in [6, 6.07) is 0. The Hall–Kier alpha value is -1.36. The van der Waals surface area contributed by atoms with Gasteiger partial charge in [-0.05, 0) is 106 Å². The maximum absolute atomic E-state index is 12.2. The van der Waals surface area contributed by atoms with Crippen molar-refractivity contribution >= 4 is 11.9 Å². The molecule has 2 aliphatic carbocycles. The molecule has 7 atom stereocenters. The number of allylic oxidation sites excluding steroid dienone is 1. The van der Waals surface area contributed by atoms with E-state index in [4.69, 9.17) is 9.84 Å². The summed E-state index contributed by atoms with van der Waals surface area (Å²) in [5.74, 6) is 1.21. The first-order valence-electron chi connectivity index (χ1n) is 15.0. The minimum Gasteiger partial charge on any atom is -0.481 e. The first kappa shape index (κ1) is 31.9. The molecule has 0 bridgehead atoms. The normalized spacial score (nSPS) is 33.3. The van der Waals surface area contributed by atoms with Gasteiger partial charge in [0.05, 0.1) is 18.4 Å². The Morgan fingerprint density at radius 1 is 1.14 bits per heavy atom. The predicted octanol–water partition coefficient (Wildman–Crippen LogP) is 7.95. The van der Waals surface area contributed by atoms with Crippen molar-refractivity contribution in [2.45, 2.75) is 144 Å². The number of hydrogen-bond acceptors (Lipinski definition) is 4. The fourth-order valence-electron chi connectivity index (χ4n) is 7.33. The van der Waals surface area contributed by atoms with Gasteiger partial charge in [-0.2, -0.15) is 0 Å². The number of hydrogen-bond donors (Lipinski definition) is 2. The van der Waals surface area contributed by atoms with Crippen LogP contribution >= 0.6 is 0 Å². The molecule has 0 aromatic heterocycles. The molecule has 2 N–H and O–H groups in total. The van der Waals surface area contributed by atoms with E-state index < -0.39 is 17.5 Å². The van der Waals surface area contributed by atoms with Crippen molar-refractivity contribution in [3.05, 3.63) is 11.6 Å². The third-order valence-corrected chi connectivity index (χ3v) is 10.4. The fraction of sp³-hybridized carbons (Fsp3) is 0.875. The number of aliphatic carboxylic acids is 1. The van der Waals surface area contributed by atoms with Gasteiger partial charge in [0.1, 0.15) is 6.10 Å². The lowest BCUT2D eigenvalue weighted by molar-refractivity contribution is -0.153. The molecule has 37 heavy (non-hydrogen) atoms. The number of rotatable bonds is 13. The lowest BCUT2D eigenvalue weighted by Crippen LogP contribution is -2.38. The monoisotopic (exact) mass is 520 g/mol. The van der Waals surface area contributed by atoms with E-state index >= 15 is 0 Å². The second-order valence-electron chi connectivity index (χ2n) is 13.7. The van der Waals surface area contributed by atoms with Crippen LogP contribution in [-0.4, -0.2) is 33.9 Å². The number of carbonyl (C=O) groups is 2. The van der Waals surface area contributed by atoms with Crippen molar-refractivity contribution in [1.29, 1.82) is 0 Å². The maximum Gasteiger partial charge on any atom is 0.306 e. The lowest BCUT2D eigenvalue weighted by atomic mass is 9.60. The standard InChI is InChI=1S/C32H56O5/c1-9-10-25-21-26(37-29(35)14-13-28(33)34)17-20-31(25,7)24(4)16-19-32(8)23(3)11-12-27(32)22(2)15-18-30(5,6)36/h10,22-24,26-27,36H,9,11-21H2,1-8H3,(H,33,34)/b25-10-/t22-,23-,24-,26+,27-,31-,32+/m1/s1. The van der Waals surface area contributed by atoms with E-state index in [0.29, 0.717) is 29.1 Å². The number of carboxylic acids is 1. The van der Waals surface area contributed by atoms with Crippen LogP contribution in [0, 0.1) is 34.5 Å². The van der Waals surface area contributed by atoms with E-state index in [0.717, 1.165) is 38.5 Å². The van der Waals surface area contributed by atoms with Crippen LogP contribution < -0.4 is 0 Å². The molecule has 5 nitrogen and oxygen atoms in total. The van der Waals surface area contributed by atoms with Crippen molar-refractivity contribution in [3.8, 4) is 0 Å². The Labute approximate surface area is 226 Å². The van der Waals surface area contributed by atoms with Gasteiger partial charge in [0.2, 0.25) is 0 Å². The predicted molar refractivity (Wildman–Crippen MR) is 150 cm³/mol. The van der Waals surface area contributed by atoms with Crippen LogP contribution in [0.2, 0.25) is 0 Å². The van der Waals surface area contributed by atoms with Crippen LogP contribution in [0.4, 0.5) is 0 Å². The summed E-state index contributed by atoms with van der Waals surface area (Å²) in [7, 11) is 0. The van der Waals surface area contributed by atoms with Gasteiger partial charge in [-0.3, -0.25) is 9.59 Å². The number of ether oxygens (including phenoxy) is 1. The summed E-state index contributed by atoms with van der Waals surface area (Å²) in [4.78, 5) is 23.0. The lowest BCUT2D eigenvalue weighted by Gasteiger charge is -2.46. The van der Waals surface area contributed by atoms with Gasteiger partial charge in [-0.25, -0.2) is 0 Å². The van der Waals surface area contributed by atoms with Crippen LogP contribution in [0.25, 0.3) is 0 Å². The van der Waals surface area contributed by atoms with Gasteiger partial charge in [0, 0.05) is 6.42 Å². The van der Waals surface area contributed by atoms with E-state index in [1.54, 1.807) is 0 Å². The first-order valence-corrected chi connectivity index (χ1v) is 15.0. The fourth-order valence-corrected chi connectivity index (χ4v) is 7.33. The third kappa shape index (κ3) is 8.57. The first-order chi connectivity index (χ1) is 17.1. The summed E-state index contributed by atoms with van der Waals surface area (Å²) in [6.07, 6.45) is 12.5. The van der Waals surface area contributed by atoms with E-state index in [1.165, 1.54) is 31.3 Å². The van der Waals surface area contributed by atoms with Crippen LogP contribution in [0.3, 0.4) is 0 Å². The molecule has 0 aromatic carbocycles. The molecule has 2 aliphatic rings. The molecule has 0 spiro atoms. The summed E-state index contributed by atoms with van der Waals surface area (Å²) < 4.78 is 5.69. The Morgan fingerprint density at radius 2 is 1.81 bits per heavy atom. The van der Waals surface area contributed by atoms with E-state index in [-0.39, 0.29) is 24.4 Å². The van der Waals surface area contributed by atoms with Crippen LogP contribution in [-0.2, 0) is 14.3 Å². The summed E-state index contributed by atoms with van der Waals surface area (Å²) in [5, 5.41) is 19.1. The van der Waals surface area contributed by atoms with Gasteiger partial charge in [-0.15, -0.1) is 0 Å². The Kier molecular flexibility index (Phi) is 11.3. The molecule has 2 saturated carbocycles. The third-order valence-electron chi connectivity index (χ3n) is 10.4. The average Bonchev–Trinajstić information content (AvgIpc) is 3.10. The van der Waals surface area contributed by atoms with Gasteiger partial charge in [-0.1, -0.05) is 53.2 Å². The van der Waals surface area contributed by atoms with Crippen molar-refractivity contribution in [1.82, 2.24) is 0 Å². The van der Waals surface area contributed by atoms with E-state index in [9.17, 15) is 14.7 Å². The number of carboxylic acid groups (broad SMARTS) is 1. The van der Waals surface area contributed by atoms with E-state index in [1.807, 2.05) is 13.8 Å². The zero-order valence-electron chi connectivity index (χ0n) is 25.1. The molecule has 2 fully saturated rings. The number of esters is 1. The second kappa shape index (κ2) is 13.1. The highest BCUT2D eigenvalue weighted by atomic mass is 16.5. The molecule has 0 saturated heterocycles. The summed E-state index contributed by atoms with van der Waals surface area (Å²) in [6.45, 7) is 18.2. The zero-order valence-corrected chi connectivity index (χ0v) is 25.1. The highest BCUT2D eigenvalue weighted by Crippen LogP contribution is 2.56. The Morgan fingerprint density at radius 3 is 2.41 bits per heavy atom. The summed E-state index contributed by atoms with van der Waals surface area (Å²) in [5.41, 5.74) is 1.24. The van der Waals surface area contributed by atoms with Crippen LogP contribution in [0.5, 0.6) is 0 Å². The number of carbonyl (C=O) groups excluding carboxylic acids is 1. The molecule has 0 heterocycles. The molecule has 2 rings (SSSR count). The van der Waals surface area contributed by atoms with Gasteiger partial charge in [0.25, 0.3) is 0 Å². The maximum atomic E-state index is 12.2. The molecule has 0 aromatic rings. The largest absolute Gasteiger partial charge is 0.481 e. The van der Waals surface area contributed by atoms with Crippen LogP contribution in [0.1, 0.15) is 132 Å². The van der Waals surface area contributed by atoms with Gasteiger partial charge >= 0.3 is 11.9 Å². The highest BCUT2D eigenvalue weighted by molar-refractivity contribution is 5.76. The molecule has 0 unspecified atom stereocenters. The molecule has 0 radical (unpaired) electrons. The van der Waals surface area contributed by atoms with Crippen molar-refractivity contribution < 1.29 is 24.5 Å². The van der Waals surface area contributed by atoms with Crippen molar-refractivity contribution in [2.24, 2.45) is 34.5 Å². The highest BCUT2D eigenvalue weighted by Gasteiger charge is 2.47. The quantitative estimate of drug-likeness (QED) is 0.190. The molecule has 5 heteroatoms. The summed E-state index contributed by atoms with van der Waals surface area (Å²) >= 11 is 0. The molecular formula is C32H56O5. The Balaban J connectivity index is 2.05. The molecular weight excluding hydrogens is 464 g/mol. The number of aliphatic hydroxyl groups is 1. The van der Waals surface area contributed by atoms with E-state index in [2.05, 4.69) is 47.6 Å². The van der Waals surface area contributed by atoms with Gasteiger partial charge < -0.3 is 14.9 Å². The molecule has 0 amide bonds. The average molecular weight is 521 g/mol. The minimum absolute atomic E-state index is 0.0571. The molecule has 0 aliphatic heterocycles. The van der Waals surface area contributed by atoms with Crippen molar-refractivity contribution in [2.75, 3.05) is 0 Å². The zero-order chi connectivity index (χ0) is 28.0. The SMILES string of the molecule is CC/C=C1/C[C@@H](OC(=O)CCC(=O)O)CC[C@]1(C)[C@H](C)CC[C@@]1(C)[C@H](C)CC[C@@H]1[C@H](C)CCC(C)(C)O.